The van der Waals surface area contributed by atoms with Gasteiger partial charge in [0, 0.05) is 28.6 Å². The molecule has 0 aliphatic carbocycles. The van der Waals surface area contributed by atoms with Gasteiger partial charge in [0.05, 0.1) is 15.9 Å². The van der Waals surface area contributed by atoms with Crippen LogP contribution in [0.2, 0.25) is 0 Å². The minimum atomic E-state index is -0.472. The summed E-state index contributed by atoms with van der Waals surface area (Å²) >= 11 is 1.41. The normalized spacial score (nSPS) is 11.6. The third-order valence-corrected chi connectivity index (χ3v) is 5.79. The number of nitro benzene ring substituents is 1. The van der Waals surface area contributed by atoms with Crippen LogP contribution < -0.4 is 5.56 Å². The van der Waals surface area contributed by atoms with Crippen molar-refractivity contribution in [1.29, 1.82) is 5.26 Å². The molecule has 0 saturated carbocycles. The van der Waals surface area contributed by atoms with Crippen molar-refractivity contribution >= 4 is 38.9 Å². The molecule has 0 spiro atoms. The van der Waals surface area contributed by atoms with Gasteiger partial charge in [-0.05, 0) is 43.7 Å². The van der Waals surface area contributed by atoms with E-state index in [0.717, 1.165) is 10.4 Å². The number of thiophene rings is 1. The van der Waals surface area contributed by atoms with Crippen LogP contribution in [0.25, 0.3) is 33.2 Å². The average molecular weight is 418 g/mol. The SMILES string of the molecule is Cc1sc2nc(C(C#N)=Cc3ccc(-c4ccc([N+](=O)[O-])cc4)o3)[nH]c(=O)c2c1C. The lowest BCUT2D eigenvalue weighted by Crippen LogP contribution is -2.10. The highest BCUT2D eigenvalue weighted by molar-refractivity contribution is 7.18. The molecule has 8 nitrogen and oxygen atoms in total. The topological polar surface area (TPSA) is 126 Å². The molecule has 0 bridgehead atoms. The van der Waals surface area contributed by atoms with Gasteiger partial charge in [-0.3, -0.25) is 14.9 Å². The number of nitrogens with zero attached hydrogens (tertiary/aromatic N) is 3. The van der Waals surface area contributed by atoms with Gasteiger partial charge in [0.25, 0.3) is 11.2 Å². The number of nitro groups is 1. The minimum absolute atomic E-state index is 0.0123. The van der Waals surface area contributed by atoms with Crippen molar-refractivity contribution in [1.82, 2.24) is 9.97 Å². The summed E-state index contributed by atoms with van der Waals surface area (Å²) in [6.45, 7) is 3.79. The van der Waals surface area contributed by atoms with E-state index in [1.165, 1.54) is 29.5 Å². The number of hydrogen-bond donors (Lipinski definition) is 1. The monoisotopic (exact) mass is 418 g/mol. The second kappa shape index (κ2) is 7.42. The van der Waals surface area contributed by atoms with Crippen LogP contribution in [0.15, 0.2) is 45.6 Å². The highest BCUT2D eigenvalue weighted by atomic mass is 32.1. The van der Waals surface area contributed by atoms with Crippen molar-refractivity contribution in [2.24, 2.45) is 0 Å². The zero-order chi connectivity index (χ0) is 21.4. The van der Waals surface area contributed by atoms with Gasteiger partial charge in [-0.25, -0.2) is 4.98 Å². The fourth-order valence-electron chi connectivity index (χ4n) is 3.01. The number of nitrogens with one attached hydrogen (secondary N) is 1. The van der Waals surface area contributed by atoms with Crippen LogP contribution in [0.3, 0.4) is 0 Å². The van der Waals surface area contributed by atoms with Crippen LogP contribution in [0, 0.1) is 35.3 Å². The first-order valence-electron chi connectivity index (χ1n) is 8.84. The van der Waals surface area contributed by atoms with Crippen LogP contribution in [-0.2, 0) is 0 Å². The quantitative estimate of drug-likeness (QED) is 0.287. The van der Waals surface area contributed by atoms with E-state index in [-0.39, 0.29) is 22.6 Å². The fourth-order valence-corrected chi connectivity index (χ4v) is 4.04. The largest absolute Gasteiger partial charge is 0.457 e. The van der Waals surface area contributed by atoms with Gasteiger partial charge in [-0.15, -0.1) is 11.3 Å². The highest BCUT2D eigenvalue weighted by Crippen LogP contribution is 2.28. The molecule has 3 heterocycles. The molecule has 3 aromatic heterocycles. The van der Waals surface area contributed by atoms with E-state index in [2.05, 4.69) is 9.97 Å². The molecule has 0 unspecified atom stereocenters. The number of rotatable bonds is 4. The van der Waals surface area contributed by atoms with Crippen LogP contribution >= 0.6 is 11.3 Å². The minimum Gasteiger partial charge on any atom is -0.457 e. The predicted molar refractivity (Wildman–Crippen MR) is 114 cm³/mol. The molecule has 1 aromatic carbocycles. The van der Waals surface area contributed by atoms with Crippen molar-refractivity contribution in [2.75, 3.05) is 0 Å². The summed E-state index contributed by atoms with van der Waals surface area (Å²) in [5.74, 6) is 1.06. The number of aromatic nitrogens is 2. The Morgan fingerprint density at radius 2 is 2.00 bits per heavy atom. The van der Waals surface area contributed by atoms with E-state index in [0.29, 0.717) is 27.3 Å². The summed E-state index contributed by atoms with van der Waals surface area (Å²) in [6, 6.07) is 11.4. The summed E-state index contributed by atoms with van der Waals surface area (Å²) in [4.78, 5) is 31.5. The molecule has 0 aliphatic rings. The standard InChI is InChI=1S/C21H14N4O4S/c1-11-12(2)30-21-18(11)20(26)23-19(24-21)14(10-22)9-16-7-8-17(29-16)13-3-5-15(6-4-13)25(27)28/h3-9H,1-2H3,(H,23,24,26). The first-order valence-corrected chi connectivity index (χ1v) is 9.66. The summed E-state index contributed by atoms with van der Waals surface area (Å²) in [6.07, 6.45) is 1.49. The van der Waals surface area contributed by atoms with E-state index in [9.17, 15) is 20.2 Å². The molecule has 1 N–H and O–H groups in total. The molecule has 0 fully saturated rings. The summed E-state index contributed by atoms with van der Waals surface area (Å²) in [5.41, 5.74) is 1.40. The molecule has 4 rings (SSSR count). The average Bonchev–Trinajstić information content (AvgIpc) is 3.30. The Morgan fingerprint density at radius 1 is 1.27 bits per heavy atom. The van der Waals surface area contributed by atoms with Crippen molar-refractivity contribution in [3.05, 3.63) is 78.9 Å². The second-order valence-corrected chi connectivity index (χ2v) is 7.76. The molecule has 9 heteroatoms. The first-order chi connectivity index (χ1) is 14.4. The second-order valence-electron chi connectivity index (χ2n) is 6.55. The van der Waals surface area contributed by atoms with Gasteiger partial charge in [0.15, 0.2) is 5.82 Å². The van der Waals surface area contributed by atoms with Gasteiger partial charge in [-0.2, -0.15) is 5.26 Å². The van der Waals surface area contributed by atoms with E-state index >= 15 is 0 Å². The zero-order valence-electron chi connectivity index (χ0n) is 15.9. The van der Waals surface area contributed by atoms with E-state index in [1.807, 2.05) is 19.9 Å². The molecule has 0 amide bonds. The Balaban J connectivity index is 1.70. The Bertz CT molecular complexity index is 1420. The molecule has 0 aliphatic heterocycles. The Hall–Kier alpha value is -4.03. The lowest BCUT2D eigenvalue weighted by Gasteiger charge is -1.99. The molecule has 0 saturated heterocycles. The number of benzene rings is 1. The summed E-state index contributed by atoms with van der Waals surface area (Å²) < 4.78 is 5.75. The van der Waals surface area contributed by atoms with Crippen molar-refractivity contribution in [2.45, 2.75) is 13.8 Å². The number of fused-ring (bicyclic) bond motifs is 1. The molecule has 30 heavy (non-hydrogen) atoms. The number of nitriles is 1. The summed E-state index contributed by atoms with van der Waals surface area (Å²) in [7, 11) is 0. The van der Waals surface area contributed by atoms with Crippen molar-refractivity contribution in [3.8, 4) is 17.4 Å². The van der Waals surface area contributed by atoms with Gasteiger partial charge in [0.2, 0.25) is 0 Å². The lowest BCUT2D eigenvalue weighted by atomic mass is 10.1. The third-order valence-electron chi connectivity index (χ3n) is 4.69. The number of aromatic amines is 1. The molecule has 148 valence electrons. The number of non-ortho nitro benzene ring substituents is 1. The number of aryl methyl sites for hydroxylation is 2. The first kappa shape index (κ1) is 19.3. The van der Waals surface area contributed by atoms with Gasteiger partial charge in [-0.1, -0.05) is 0 Å². The number of hydrogen-bond acceptors (Lipinski definition) is 7. The maximum atomic E-state index is 12.5. The number of allylic oxidation sites excluding steroid dienone is 1. The predicted octanol–water partition coefficient (Wildman–Crippen LogP) is 4.83. The van der Waals surface area contributed by atoms with E-state index < -0.39 is 4.92 Å². The Labute approximate surface area is 173 Å². The lowest BCUT2D eigenvalue weighted by molar-refractivity contribution is -0.384. The van der Waals surface area contributed by atoms with Crippen LogP contribution in [0.1, 0.15) is 22.0 Å². The van der Waals surface area contributed by atoms with Crippen molar-refractivity contribution < 1.29 is 9.34 Å². The van der Waals surface area contributed by atoms with Crippen LogP contribution in [0.4, 0.5) is 5.69 Å². The maximum Gasteiger partial charge on any atom is 0.269 e. The molecule has 0 radical (unpaired) electrons. The van der Waals surface area contributed by atoms with Crippen LogP contribution in [-0.4, -0.2) is 14.9 Å². The van der Waals surface area contributed by atoms with Crippen molar-refractivity contribution in [3.63, 3.8) is 0 Å². The van der Waals surface area contributed by atoms with E-state index in [1.54, 1.807) is 24.3 Å². The number of furan rings is 1. The molecular formula is C21H14N4O4S. The smallest absolute Gasteiger partial charge is 0.269 e. The number of H-pyrrole nitrogens is 1. The zero-order valence-corrected chi connectivity index (χ0v) is 16.7. The van der Waals surface area contributed by atoms with Gasteiger partial charge in [0.1, 0.15) is 22.4 Å². The summed E-state index contributed by atoms with van der Waals surface area (Å²) in [5, 5.41) is 20.9. The third kappa shape index (κ3) is 3.40. The Kier molecular flexibility index (Phi) is 4.77. The Morgan fingerprint density at radius 3 is 2.67 bits per heavy atom. The maximum absolute atomic E-state index is 12.5. The van der Waals surface area contributed by atoms with Gasteiger partial charge >= 0.3 is 0 Å². The van der Waals surface area contributed by atoms with Crippen LogP contribution in [0.5, 0.6) is 0 Å². The fraction of sp³-hybridized carbons (Fsp3) is 0.0952. The highest BCUT2D eigenvalue weighted by Gasteiger charge is 2.15. The molecule has 4 aromatic rings. The molecular weight excluding hydrogens is 404 g/mol. The van der Waals surface area contributed by atoms with E-state index in [4.69, 9.17) is 4.42 Å². The van der Waals surface area contributed by atoms with Gasteiger partial charge < -0.3 is 9.40 Å². The molecule has 0 atom stereocenters.